The summed E-state index contributed by atoms with van der Waals surface area (Å²) in [4.78, 5) is 15.0. The molecule has 1 aromatic rings. The topological polar surface area (TPSA) is 49.8 Å². The van der Waals surface area contributed by atoms with Gasteiger partial charge in [0.15, 0.2) is 5.06 Å². The smallest absolute Gasteiger partial charge is 0.320 e. The number of nitrogens with zero attached hydrogens (tertiary/aromatic N) is 1. The molecule has 0 spiro atoms. The van der Waals surface area contributed by atoms with Gasteiger partial charge in [-0.05, 0) is 47.2 Å². The molecule has 1 aromatic heterocycles. The van der Waals surface area contributed by atoms with Crippen molar-refractivity contribution in [3.63, 3.8) is 0 Å². The monoisotopic (exact) mass is 373 g/mol. The molecule has 6 heteroatoms. The van der Waals surface area contributed by atoms with Crippen LogP contribution >= 0.6 is 27.3 Å². The number of fused-ring (bicyclic) bond motifs is 1. The molecular formula is C15H20BrNO3S. The van der Waals surface area contributed by atoms with E-state index in [0.29, 0.717) is 18.5 Å². The highest BCUT2D eigenvalue weighted by atomic mass is 79.9. The Labute approximate surface area is 137 Å². The van der Waals surface area contributed by atoms with E-state index in [-0.39, 0.29) is 6.04 Å². The Kier molecular flexibility index (Phi) is 4.57. The average molecular weight is 374 g/mol. The first-order chi connectivity index (χ1) is 10.1. The first-order valence-electron chi connectivity index (χ1n) is 7.41. The zero-order chi connectivity index (χ0) is 15.0. The number of methoxy groups -OCH3 is 1. The van der Waals surface area contributed by atoms with Crippen molar-refractivity contribution < 1.29 is 14.6 Å². The standard InChI is InChI=1S/C15H20BrNO3S/c1-20-15-11(16)7-10(21-15)8-17-12-5-3-2-4-9(12)6-13(17)14(18)19/h7,9,12-13H,2-6,8H2,1H3,(H,18,19). The van der Waals surface area contributed by atoms with E-state index < -0.39 is 5.97 Å². The van der Waals surface area contributed by atoms with Gasteiger partial charge in [0.25, 0.3) is 0 Å². The van der Waals surface area contributed by atoms with Crippen LogP contribution in [0.5, 0.6) is 5.06 Å². The van der Waals surface area contributed by atoms with Crippen LogP contribution in [0, 0.1) is 5.92 Å². The molecular weight excluding hydrogens is 354 g/mol. The average Bonchev–Trinajstić information content (AvgIpc) is 3.00. The number of carboxylic acid groups (broad SMARTS) is 1. The highest BCUT2D eigenvalue weighted by molar-refractivity contribution is 9.10. The van der Waals surface area contributed by atoms with Gasteiger partial charge in [0.1, 0.15) is 6.04 Å². The minimum Gasteiger partial charge on any atom is -0.486 e. The first kappa shape index (κ1) is 15.3. The van der Waals surface area contributed by atoms with Crippen LogP contribution in [0.4, 0.5) is 0 Å². The minimum atomic E-state index is -0.674. The minimum absolute atomic E-state index is 0.329. The fourth-order valence-electron chi connectivity index (χ4n) is 3.82. The van der Waals surface area contributed by atoms with E-state index in [1.165, 1.54) is 19.3 Å². The number of rotatable bonds is 4. The van der Waals surface area contributed by atoms with Gasteiger partial charge < -0.3 is 9.84 Å². The fraction of sp³-hybridized carbons (Fsp3) is 0.667. The molecule has 3 rings (SSSR count). The molecule has 1 aliphatic carbocycles. The van der Waals surface area contributed by atoms with Gasteiger partial charge in [-0.1, -0.05) is 12.8 Å². The van der Waals surface area contributed by atoms with E-state index in [2.05, 4.69) is 26.9 Å². The van der Waals surface area contributed by atoms with Crippen molar-refractivity contribution in [1.82, 2.24) is 4.90 Å². The zero-order valence-electron chi connectivity index (χ0n) is 12.0. The van der Waals surface area contributed by atoms with Crippen LogP contribution in [0.2, 0.25) is 0 Å². The van der Waals surface area contributed by atoms with Gasteiger partial charge in [0.2, 0.25) is 0 Å². The van der Waals surface area contributed by atoms with Crippen molar-refractivity contribution in [1.29, 1.82) is 0 Å². The van der Waals surface area contributed by atoms with E-state index in [0.717, 1.165) is 27.3 Å². The Morgan fingerprint density at radius 2 is 2.29 bits per heavy atom. The molecule has 1 N–H and O–H groups in total. The number of carboxylic acids is 1. The molecule has 4 nitrogen and oxygen atoms in total. The molecule has 1 saturated carbocycles. The maximum Gasteiger partial charge on any atom is 0.320 e. The summed E-state index contributed by atoms with van der Waals surface area (Å²) in [5.74, 6) is -0.114. The second-order valence-electron chi connectivity index (χ2n) is 5.93. The van der Waals surface area contributed by atoms with Gasteiger partial charge in [-0.15, -0.1) is 11.3 Å². The fourth-order valence-corrected chi connectivity index (χ4v) is 5.52. The predicted octanol–water partition coefficient (Wildman–Crippen LogP) is 3.74. The molecule has 116 valence electrons. The van der Waals surface area contributed by atoms with Gasteiger partial charge in [-0.3, -0.25) is 9.69 Å². The Hall–Kier alpha value is -0.590. The lowest BCUT2D eigenvalue weighted by Gasteiger charge is -2.32. The molecule has 3 atom stereocenters. The highest BCUT2D eigenvalue weighted by Crippen LogP contribution is 2.42. The summed E-state index contributed by atoms with van der Waals surface area (Å²) >= 11 is 5.09. The van der Waals surface area contributed by atoms with E-state index in [4.69, 9.17) is 4.74 Å². The highest BCUT2D eigenvalue weighted by Gasteiger charge is 2.45. The quantitative estimate of drug-likeness (QED) is 0.873. The molecule has 1 aliphatic heterocycles. The Balaban J connectivity index is 1.81. The zero-order valence-corrected chi connectivity index (χ0v) is 14.5. The van der Waals surface area contributed by atoms with Crippen LogP contribution in [-0.2, 0) is 11.3 Å². The third-order valence-corrected chi connectivity index (χ3v) is 6.67. The van der Waals surface area contributed by atoms with Gasteiger partial charge in [-0.25, -0.2) is 0 Å². The van der Waals surface area contributed by atoms with Crippen LogP contribution in [0.25, 0.3) is 0 Å². The third kappa shape index (κ3) is 2.98. The molecule has 0 amide bonds. The lowest BCUT2D eigenvalue weighted by Crippen LogP contribution is -2.41. The number of thiophene rings is 1. The Bertz CT molecular complexity index is 533. The number of ether oxygens (including phenoxy) is 1. The molecule has 2 heterocycles. The summed E-state index contributed by atoms with van der Waals surface area (Å²) in [5.41, 5.74) is 0. The molecule has 0 bridgehead atoms. The van der Waals surface area contributed by atoms with Gasteiger partial charge in [-0.2, -0.15) is 0 Å². The second kappa shape index (κ2) is 6.26. The van der Waals surface area contributed by atoms with Crippen molar-refractivity contribution in [2.24, 2.45) is 5.92 Å². The van der Waals surface area contributed by atoms with Gasteiger partial charge >= 0.3 is 5.97 Å². The maximum absolute atomic E-state index is 11.6. The lowest BCUT2D eigenvalue weighted by atomic mass is 9.85. The van der Waals surface area contributed by atoms with Crippen molar-refractivity contribution in [3.8, 4) is 5.06 Å². The second-order valence-corrected chi connectivity index (χ2v) is 7.88. The van der Waals surface area contributed by atoms with Crippen LogP contribution in [0.1, 0.15) is 37.0 Å². The summed E-state index contributed by atoms with van der Waals surface area (Å²) in [6.45, 7) is 0.713. The number of carbonyl (C=O) groups is 1. The molecule has 2 aliphatic rings. The SMILES string of the molecule is COc1sc(CN2C(C(=O)O)CC3CCCCC32)cc1Br. The number of hydrogen-bond acceptors (Lipinski definition) is 4. The van der Waals surface area contributed by atoms with E-state index in [1.54, 1.807) is 18.4 Å². The third-order valence-electron chi connectivity index (χ3n) is 4.74. The van der Waals surface area contributed by atoms with Crippen LogP contribution < -0.4 is 4.74 Å². The first-order valence-corrected chi connectivity index (χ1v) is 9.02. The maximum atomic E-state index is 11.6. The molecule has 21 heavy (non-hydrogen) atoms. The van der Waals surface area contributed by atoms with E-state index in [9.17, 15) is 9.90 Å². The predicted molar refractivity (Wildman–Crippen MR) is 85.9 cm³/mol. The van der Waals surface area contributed by atoms with Crippen LogP contribution in [0.15, 0.2) is 10.5 Å². The molecule has 0 radical (unpaired) electrons. The molecule has 1 saturated heterocycles. The summed E-state index contributed by atoms with van der Waals surface area (Å²) in [5, 5.41) is 10.4. The van der Waals surface area contributed by atoms with Crippen LogP contribution in [0.3, 0.4) is 0 Å². The molecule has 0 aromatic carbocycles. The van der Waals surface area contributed by atoms with Crippen molar-refractivity contribution >= 4 is 33.2 Å². The molecule has 2 fully saturated rings. The number of likely N-dealkylation sites (tertiary alicyclic amines) is 1. The van der Waals surface area contributed by atoms with Crippen LogP contribution in [-0.4, -0.2) is 35.2 Å². The lowest BCUT2D eigenvalue weighted by molar-refractivity contribution is -0.142. The summed E-state index contributed by atoms with van der Waals surface area (Å²) < 4.78 is 6.26. The van der Waals surface area contributed by atoms with Gasteiger partial charge in [0, 0.05) is 17.5 Å². The van der Waals surface area contributed by atoms with Gasteiger partial charge in [0.05, 0.1) is 11.6 Å². The Morgan fingerprint density at radius 1 is 1.52 bits per heavy atom. The van der Waals surface area contributed by atoms with Crippen molar-refractivity contribution in [2.45, 2.75) is 50.7 Å². The summed E-state index contributed by atoms with van der Waals surface area (Å²) in [6, 6.07) is 2.16. The van der Waals surface area contributed by atoms with Crippen molar-refractivity contribution in [3.05, 3.63) is 15.4 Å². The van der Waals surface area contributed by atoms with Crippen molar-refractivity contribution in [2.75, 3.05) is 7.11 Å². The summed E-state index contributed by atoms with van der Waals surface area (Å²) in [7, 11) is 1.66. The van der Waals surface area contributed by atoms with E-state index >= 15 is 0 Å². The number of hydrogen-bond donors (Lipinski definition) is 1. The largest absolute Gasteiger partial charge is 0.486 e. The molecule has 3 unspecified atom stereocenters. The normalized spacial score (nSPS) is 29.3. The van der Waals surface area contributed by atoms with E-state index in [1.807, 2.05) is 0 Å². The summed E-state index contributed by atoms with van der Waals surface area (Å²) in [6.07, 6.45) is 5.60. The number of aliphatic carboxylic acids is 1. The number of halogens is 1. The Morgan fingerprint density at radius 3 is 2.95 bits per heavy atom.